The Hall–Kier alpha value is -1.04. The van der Waals surface area contributed by atoms with Crippen molar-refractivity contribution in [2.45, 2.75) is 44.9 Å². The van der Waals surface area contributed by atoms with Crippen LogP contribution in [0, 0.1) is 5.92 Å². The highest BCUT2D eigenvalue weighted by Crippen LogP contribution is 2.36. The van der Waals surface area contributed by atoms with Crippen molar-refractivity contribution < 1.29 is 0 Å². The summed E-state index contributed by atoms with van der Waals surface area (Å²) in [6, 6.07) is 8.92. The summed E-state index contributed by atoms with van der Waals surface area (Å²) >= 11 is 0. The smallest absolute Gasteiger partial charge is 0.00854 e. The Morgan fingerprint density at radius 3 is 2.69 bits per heavy atom. The summed E-state index contributed by atoms with van der Waals surface area (Å²) < 4.78 is 0. The van der Waals surface area contributed by atoms with Gasteiger partial charge in [0.25, 0.3) is 0 Å². The lowest BCUT2D eigenvalue weighted by Gasteiger charge is -2.22. The van der Waals surface area contributed by atoms with Crippen LogP contribution in [0.5, 0.6) is 0 Å². The Morgan fingerprint density at radius 2 is 1.81 bits per heavy atom. The van der Waals surface area contributed by atoms with E-state index in [0.717, 1.165) is 12.3 Å². The zero-order chi connectivity index (χ0) is 10.8. The van der Waals surface area contributed by atoms with Crippen molar-refractivity contribution in [1.29, 1.82) is 0 Å². The zero-order valence-electron chi connectivity index (χ0n) is 9.91. The first-order chi connectivity index (χ1) is 7.93. The molecule has 0 atom stereocenters. The zero-order valence-corrected chi connectivity index (χ0v) is 9.91. The van der Waals surface area contributed by atoms with E-state index in [1.165, 1.54) is 49.7 Å². The molecule has 0 nitrogen and oxygen atoms in total. The molecule has 0 saturated heterocycles. The van der Waals surface area contributed by atoms with Gasteiger partial charge in [-0.1, -0.05) is 62.4 Å². The molecule has 2 aliphatic rings. The largest absolute Gasteiger partial charge is 0.0763 e. The molecule has 0 aliphatic heterocycles. The molecular formula is C16H20. The molecule has 0 N–H and O–H groups in total. The van der Waals surface area contributed by atoms with Crippen molar-refractivity contribution in [3.8, 4) is 0 Å². The van der Waals surface area contributed by atoms with E-state index in [4.69, 9.17) is 0 Å². The molecule has 84 valence electrons. The van der Waals surface area contributed by atoms with Gasteiger partial charge in [-0.2, -0.15) is 0 Å². The number of rotatable bonds is 2. The van der Waals surface area contributed by atoms with Crippen LogP contribution in [-0.2, 0) is 6.42 Å². The number of allylic oxidation sites excluding steroid dienone is 2. The standard InChI is InChI=1S/C16H20/c1-2-6-13(7-3-1)12-15-11-10-14-8-4-5-9-16(14)15/h4-5,8-9,11,13H,1-3,6-7,10,12H2. The number of benzene rings is 1. The van der Waals surface area contributed by atoms with Crippen LogP contribution in [0.2, 0.25) is 0 Å². The van der Waals surface area contributed by atoms with Crippen LogP contribution in [0.25, 0.3) is 5.57 Å². The van der Waals surface area contributed by atoms with Crippen LogP contribution in [0.3, 0.4) is 0 Å². The lowest BCUT2D eigenvalue weighted by Crippen LogP contribution is -2.06. The molecule has 0 bridgehead atoms. The van der Waals surface area contributed by atoms with E-state index in [1.54, 1.807) is 5.57 Å². The molecule has 0 amide bonds. The first kappa shape index (κ1) is 10.1. The predicted octanol–water partition coefficient (Wildman–Crippen LogP) is 4.60. The fraction of sp³-hybridized carbons (Fsp3) is 0.500. The van der Waals surface area contributed by atoms with Crippen LogP contribution in [0.4, 0.5) is 0 Å². The van der Waals surface area contributed by atoms with Gasteiger partial charge < -0.3 is 0 Å². The van der Waals surface area contributed by atoms with E-state index in [2.05, 4.69) is 30.3 Å². The lowest BCUT2D eigenvalue weighted by molar-refractivity contribution is 0.365. The molecule has 1 aromatic carbocycles. The van der Waals surface area contributed by atoms with Gasteiger partial charge in [0.2, 0.25) is 0 Å². The molecule has 1 fully saturated rings. The van der Waals surface area contributed by atoms with Crippen molar-refractivity contribution in [1.82, 2.24) is 0 Å². The van der Waals surface area contributed by atoms with Crippen molar-refractivity contribution in [3.05, 3.63) is 41.5 Å². The van der Waals surface area contributed by atoms with E-state index < -0.39 is 0 Å². The fourth-order valence-electron chi connectivity index (χ4n) is 3.25. The lowest BCUT2D eigenvalue weighted by atomic mass is 9.84. The second-order valence-corrected chi connectivity index (χ2v) is 5.30. The first-order valence-electron chi connectivity index (χ1n) is 6.71. The van der Waals surface area contributed by atoms with Gasteiger partial charge in [0.15, 0.2) is 0 Å². The minimum absolute atomic E-state index is 0.964. The quantitative estimate of drug-likeness (QED) is 0.672. The van der Waals surface area contributed by atoms with E-state index in [9.17, 15) is 0 Å². The average Bonchev–Trinajstić information content (AvgIpc) is 2.74. The minimum atomic E-state index is 0.964. The van der Waals surface area contributed by atoms with Gasteiger partial charge in [0.1, 0.15) is 0 Å². The van der Waals surface area contributed by atoms with Gasteiger partial charge in [0.05, 0.1) is 0 Å². The van der Waals surface area contributed by atoms with Crippen LogP contribution >= 0.6 is 0 Å². The Bertz CT molecular complexity index is 394. The number of hydrogen-bond donors (Lipinski definition) is 0. The van der Waals surface area contributed by atoms with Crippen molar-refractivity contribution in [3.63, 3.8) is 0 Å². The van der Waals surface area contributed by atoms with Gasteiger partial charge in [0, 0.05) is 0 Å². The van der Waals surface area contributed by atoms with Gasteiger partial charge in [-0.15, -0.1) is 0 Å². The Kier molecular flexibility index (Phi) is 2.82. The maximum Gasteiger partial charge on any atom is -0.00854 e. The monoisotopic (exact) mass is 212 g/mol. The van der Waals surface area contributed by atoms with Gasteiger partial charge in [-0.05, 0) is 35.5 Å². The number of hydrogen-bond acceptors (Lipinski definition) is 0. The summed E-state index contributed by atoms with van der Waals surface area (Å²) in [6.07, 6.45) is 12.2. The highest BCUT2D eigenvalue weighted by atomic mass is 14.2. The molecule has 2 aliphatic carbocycles. The number of fused-ring (bicyclic) bond motifs is 1. The van der Waals surface area contributed by atoms with E-state index in [0.29, 0.717) is 0 Å². The van der Waals surface area contributed by atoms with Crippen LogP contribution in [-0.4, -0.2) is 0 Å². The normalized spacial score (nSPS) is 20.6. The maximum atomic E-state index is 2.46. The fourth-order valence-corrected chi connectivity index (χ4v) is 3.25. The highest BCUT2D eigenvalue weighted by molar-refractivity contribution is 5.73. The van der Waals surface area contributed by atoms with Crippen LogP contribution in [0.15, 0.2) is 30.3 Å². The van der Waals surface area contributed by atoms with E-state index in [1.807, 2.05) is 0 Å². The maximum absolute atomic E-state index is 2.46. The average molecular weight is 212 g/mol. The van der Waals surface area contributed by atoms with Crippen molar-refractivity contribution >= 4 is 5.57 Å². The molecule has 0 aromatic heterocycles. The molecule has 1 saturated carbocycles. The van der Waals surface area contributed by atoms with Crippen LogP contribution < -0.4 is 0 Å². The van der Waals surface area contributed by atoms with Gasteiger partial charge in [-0.25, -0.2) is 0 Å². The topological polar surface area (TPSA) is 0 Å². The van der Waals surface area contributed by atoms with E-state index >= 15 is 0 Å². The molecule has 0 heteroatoms. The summed E-state index contributed by atoms with van der Waals surface area (Å²) in [5.41, 5.74) is 4.70. The minimum Gasteiger partial charge on any atom is -0.0763 e. The Labute approximate surface area is 98.4 Å². The van der Waals surface area contributed by atoms with Gasteiger partial charge in [-0.3, -0.25) is 0 Å². The molecule has 0 unspecified atom stereocenters. The summed E-state index contributed by atoms with van der Waals surface area (Å²) in [6.45, 7) is 0. The molecular weight excluding hydrogens is 192 g/mol. The molecule has 1 aromatic rings. The van der Waals surface area contributed by atoms with Crippen molar-refractivity contribution in [2.75, 3.05) is 0 Å². The third-order valence-electron chi connectivity index (χ3n) is 4.17. The third-order valence-corrected chi connectivity index (χ3v) is 4.17. The highest BCUT2D eigenvalue weighted by Gasteiger charge is 2.19. The molecule has 16 heavy (non-hydrogen) atoms. The summed E-state index contributed by atoms with van der Waals surface area (Å²) in [5, 5.41) is 0. The summed E-state index contributed by atoms with van der Waals surface area (Å²) in [7, 11) is 0. The summed E-state index contributed by atoms with van der Waals surface area (Å²) in [4.78, 5) is 0. The van der Waals surface area contributed by atoms with Gasteiger partial charge >= 0.3 is 0 Å². The Morgan fingerprint density at radius 1 is 1.00 bits per heavy atom. The first-order valence-corrected chi connectivity index (χ1v) is 6.71. The predicted molar refractivity (Wildman–Crippen MR) is 69.3 cm³/mol. The molecule has 0 radical (unpaired) electrons. The second-order valence-electron chi connectivity index (χ2n) is 5.30. The SMILES string of the molecule is C1=C(CC2CCCCC2)c2ccccc2C1. The Balaban J connectivity index is 1.72. The molecule has 0 spiro atoms. The van der Waals surface area contributed by atoms with Crippen LogP contribution in [0.1, 0.15) is 49.7 Å². The van der Waals surface area contributed by atoms with E-state index in [-0.39, 0.29) is 0 Å². The second kappa shape index (κ2) is 4.45. The van der Waals surface area contributed by atoms with Crippen molar-refractivity contribution in [2.24, 2.45) is 5.92 Å². The molecule has 0 heterocycles. The third kappa shape index (κ3) is 1.93. The summed E-state index contributed by atoms with van der Waals surface area (Å²) in [5.74, 6) is 0.964. The molecule has 3 rings (SSSR count).